The van der Waals surface area contributed by atoms with Crippen LogP contribution in [0.2, 0.25) is 0 Å². The van der Waals surface area contributed by atoms with Crippen molar-refractivity contribution in [1.29, 1.82) is 0 Å². The molecule has 0 saturated carbocycles. The largest absolute Gasteiger partial charge is 0.393 e. The zero-order chi connectivity index (χ0) is 13.0. The number of carbonyl (C=O) groups is 1. The van der Waals surface area contributed by atoms with Crippen molar-refractivity contribution in [2.24, 2.45) is 5.73 Å². The topological polar surface area (TPSA) is 46.3 Å². The van der Waals surface area contributed by atoms with Crippen LogP contribution in [-0.2, 0) is 0 Å². The van der Waals surface area contributed by atoms with Crippen molar-refractivity contribution in [3.63, 3.8) is 0 Å². The highest BCUT2D eigenvalue weighted by atomic mass is 127. The molecule has 0 aromatic heterocycles. The molecular formula is C12H15IN2OS. The normalized spacial score (nSPS) is 11.9. The summed E-state index contributed by atoms with van der Waals surface area (Å²) in [5.41, 5.74) is 6.21. The van der Waals surface area contributed by atoms with Gasteiger partial charge in [0.2, 0.25) is 0 Å². The van der Waals surface area contributed by atoms with Gasteiger partial charge in [-0.3, -0.25) is 4.79 Å². The number of nitrogens with zero attached hydrogens (tertiary/aromatic N) is 1. The number of amides is 1. The predicted molar refractivity (Wildman–Crippen MR) is 82.1 cm³/mol. The van der Waals surface area contributed by atoms with Crippen LogP contribution in [0.1, 0.15) is 23.7 Å². The zero-order valence-electron chi connectivity index (χ0n) is 9.81. The van der Waals surface area contributed by atoms with Crippen LogP contribution in [0.3, 0.4) is 0 Å². The quantitative estimate of drug-likeness (QED) is 0.661. The average Bonchev–Trinajstić information content (AvgIpc) is 2.27. The smallest absolute Gasteiger partial charge is 0.254 e. The lowest BCUT2D eigenvalue weighted by Crippen LogP contribution is -2.37. The lowest BCUT2D eigenvalue weighted by atomic mass is 10.1. The van der Waals surface area contributed by atoms with Gasteiger partial charge in [-0.2, -0.15) is 0 Å². The van der Waals surface area contributed by atoms with Gasteiger partial charge in [0.1, 0.15) is 0 Å². The summed E-state index contributed by atoms with van der Waals surface area (Å²) in [6.45, 7) is 1.94. The van der Waals surface area contributed by atoms with Gasteiger partial charge in [-0.15, -0.1) is 0 Å². The van der Waals surface area contributed by atoms with Crippen molar-refractivity contribution < 1.29 is 4.79 Å². The highest BCUT2D eigenvalue weighted by Gasteiger charge is 2.19. The molecule has 0 heterocycles. The first-order valence-corrected chi connectivity index (χ1v) is 6.72. The van der Waals surface area contributed by atoms with Gasteiger partial charge in [-0.1, -0.05) is 24.4 Å². The van der Waals surface area contributed by atoms with Crippen molar-refractivity contribution in [2.45, 2.75) is 19.4 Å². The van der Waals surface area contributed by atoms with Gasteiger partial charge < -0.3 is 10.6 Å². The van der Waals surface area contributed by atoms with Crippen LogP contribution < -0.4 is 5.73 Å². The summed E-state index contributed by atoms with van der Waals surface area (Å²) in [7, 11) is 1.77. The summed E-state index contributed by atoms with van der Waals surface area (Å²) in [4.78, 5) is 14.3. The molecule has 0 saturated heterocycles. The molecule has 0 aliphatic carbocycles. The third-order valence-corrected chi connectivity index (χ3v) is 3.69. The molecule has 2 N–H and O–H groups in total. The minimum Gasteiger partial charge on any atom is -0.393 e. The molecule has 0 spiro atoms. The van der Waals surface area contributed by atoms with Crippen LogP contribution in [0.4, 0.5) is 0 Å². The van der Waals surface area contributed by atoms with Crippen molar-refractivity contribution >= 4 is 45.7 Å². The van der Waals surface area contributed by atoms with Crippen LogP contribution in [-0.4, -0.2) is 28.9 Å². The molecule has 1 aromatic rings. The van der Waals surface area contributed by atoms with Gasteiger partial charge in [0.25, 0.3) is 5.91 Å². The lowest BCUT2D eigenvalue weighted by molar-refractivity contribution is 0.0747. The minimum absolute atomic E-state index is 0.00116. The lowest BCUT2D eigenvalue weighted by Gasteiger charge is -2.25. The van der Waals surface area contributed by atoms with Gasteiger partial charge in [-0.25, -0.2) is 0 Å². The molecule has 0 aliphatic rings. The van der Waals surface area contributed by atoms with E-state index in [0.717, 1.165) is 3.57 Å². The number of thiocarbonyl (C=S) groups is 1. The minimum atomic E-state index is -0.00116. The van der Waals surface area contributed by atoms with E-state index in [9.17, 15) is 4.79 Å². The first-order chi connectivity index (χ1) is 7.93. The fourth-order valence-corrected chi connectivity index (χ4v) is 2.31. The fraction of sp³-hybridized carbons (Fsp3) is 0.333. The Labute approximate surface area is 121 Å². The molecule has 1 unspecified atom stereocenters. The standard InChI is InChI=1S/C12H15IN2OS/c1-8(7-11(14)17)15(2)12(16)9-5-3-4-6-10(9)13/h3-6,8H,7H2,1-2H3,(H2,14,17). The van der Waals surface area contributed by atoms with Gasteiger partial charge in [0, 0.05) is 23.1 Å². The third-order valence-electron chi connectivity index (χ3n) is 2.58. The van der Waals surface area contributed by atoms with Gasteiger partial charge in [0.15, 0.2) is 0 Å². The number of halogens is 1. The molecule has 1 amide bonds. The predicted octanol–water partition coefficient (Wildman–Crippen LogP) is 2.43. The first kappa shape index (κ1) is 14.4. The first-order valence-electron chi connectivity index (χ1n) is 5.23. The van der Waals surface area contributed by atoms with E-state index in [1.807, 2.05) is 31.2 Å². The number of carbonyl (C=O) groups excluding carboxylic acids is 1. The summed E-state index contributed by atoms with van der Waals surface area (Å²) >= 11 is 7.02. The average molecular weight is 362 g/mol. The van der Waals surface area contributed by atoms with Crippen molar-refractivity contribution in [2.75, 3.05) is 7.05 Å². The highest BCUT2D eigenvalue weighted by molar-refractivity contribution is 14.1. The van der Waals surface area contributed by atoms with E-state index < -0.39 is 0 Å². The summed E-state index contributed by atoms with van der Waals surface area (Å²) in [6, 6.07) is 7.53. The van der Waals surface area contributed by atoms with Crippen LogP contribution in [0.15, 0.2) is 24.3 Å². The molecule has 1 atom stereocenters. The fourth-order valence-electron chi connectivity index (χ4n) is 1.45. The summed E-state index contributed by atoms with van der Waals surface area (Å²) in [5.74, 6) is -0.00116. The SMILES string of the molecule is CC(CC(N)=S)N(C)C(=O)c1ccccc1I. The Hall–Kier alpha value is -0.690. The van der Waals surface area contributed by atoms with Crippen LogP contribution in [0, 0.1) is 3.57 Å². The molecule has 1 rings (SSSR count). The van der Waals surface area contributed by atoms with Crippen molar-refractivity contribution in [3.8, 4) is 0 Å². The Morgan fingerprint density at radius 2 is 2.12 bits per heavy atom. The Morgan fingerprint density at radius 1 is 1.53 bits per heavy atom. The maximum atomic E-state index is 12.2. The maximum absolute atomic E-state index is 12.2. The van der Waals surface area contributed by atoms with Crippen molar-refractivity contribution in [1.82, 2.24) is 4.90 Å². The Morgan fingerprint density at radius 3 is 2.65 bits per heavy atom. The zero-order valence-corrected chi connectivity index (χ0v) is 12.8. The van der Waals surface area contributed by atoms with Crippen LogP contribution in [0.5, 0.6) is 0 Å². The number of rotatable bonds is 4. The number of nitrogens with two attached hydrogens (primary N) is 1. The van der Waals surface area contributed by atoms with Crippen LogP contribution >= 0.6 is 34.8 Å². The molecule has 92 valence electrons. The molecule has 5 heteroatoms. The molecule has 17 heavy (non-hydrogen) atoms. The second-order valence-electron chi connectivity index (χ2n) is 3.92. The second kappa shape index (κ2) is 6.30. The number of hydrogen-bond donors (Lipinski definition) is 1. The molecule has 0 bridgehead atoms. The molecule has 0 aliphatic heterocycles. The maximum Gasteiger partial charge on any atom is 0.254 e. The van der Waals surface area contributed by atoms with E-state index in [4.69, 9.17) is 18.0 Å². The monoisotopic (exact) mass is 362 g/mol. The second-order valence-corrected chi connectivity index (χ2v) is 5.60. The van der Waals surface area contributed by atoms with Crippen LogP contribution in [0.25, 0.3) is 0 Å². The molecule has 3 nitrogen and oxygen atoms in total. The Bertz CT molecular complexity index is 436. The van der Waals surface area contributed by atoms with E-state index in [1.165, 1.54) is 0 Å². The van der Waals surface area contributed by atoms with E-state index in [1.54, 1.807) is 11.9 Å². The molecular weight excluding hydrogens is 347 g/mol. The van der Waals surface area contributed by atoms with Gasteiger partial charge >= 0.3 is 0 Å². The van der Waals surface area contributed by atoms with E-state index in [0.29, 0.717) is 17.0 Å². The van der Waals surface area contributed by atoms with E-state index >= 15 is 0 Å². The molecule has 0 fully saturated rings. The summed E-state index contributed by atoms with van der Waals surface area (Å²) in [6.07, 6.45) is 0.543. The summed E-state index contributed by atoms with van der Waals surface area (Å²) in [5, 5.41) is 0. The number of benzene rings is 1. The third kappa shape index (κ3) is 3.92. The van der Waals surface area contributed by atoms with Gasteiger partial charge in [-0.05, 0) is 41.6 Å². The number of hydrogen-bond acceptors (Lipinski definition) is 2. The summed E-state index contributed by atoms with van der Waals surface area (Å²) < 4.78 is 0.949. The molecule has 1 aromatic carbocycles. The van der Waals surface area contributed by atoms with E-state index in [2.05, 4.69) is 22.6 Å². The Balaban J connectivity index is 2.83. The van der Waals surface area contributed by atoms with Gasteiger partial charge in [0.05, 0.1) is 10.6 Å². The van der Waals surface area contributed by atoms with E-state index in [-0.39, 0.29) is 11.9 Å². The van der Waals surface area contributed by atoms with Crippen molar-refractivity contribution in [3.05, 3.63) is 33.4 Å². The highest BCUT2D eigenvalue weighted by Crippen LogP contribution is 2.15. The Kier molecular flexibility index (Phi) is 5.32. The molecule has 0 radical (unpaired) electrons.